The van der Waals surface area contributed by atoms with Crippen molar-refractivity contribution in [3.8, 4) is 0 Å². The van der Waals surface area contributed by atoms with Crippen molar-refractivity contribution in [2.24, 2.45) is 0 Å². The van der Waals surface area contributed by atoms with Crippen LogP contribution in [0.5, 0.6) is 0 Å². The van der Waals surface area contributed by atoms with Crippen molar-refractivity contribution in [2.75, 3.05) is 11.9 Å². The summed E-state index contributed by atoms with van der Waals surface area (Å²) in [7, 11) is 0. The van der Waals surface area contributed by atoms with Crippen LogP contribution in [0, 0.1) is 6.92 Å². The van der Waals surface area contributed by atoms with Crippen LogP contribution in [-0.4, -0.2) is 22.6 Å². The molecule has 0 unspecified atom stereocenters. The number of aromatic nitrogens is 1. The molecule has 0 bridgehead atoms. The Morgan fingerprint density at radius 2 is 2.11 bits per heavy atom. The predicted octanol–water partition coefficient (Wildman–Crippen LogP) is 3.04. The van der Waals surface area contributed by atoms with Gasteiger partial charge >= 0.3 is 6.03 Å². The minimum atomic E-state index is -0.181. The minimum Gasteiger partial charge on any atom is -0.360 e. The van der Waals surface area contributed by atoms with Crippen LogP contribution < -0.4 is 5.32 Å². The van der Waals surface area contributed by atoms with E-state index in [9.17, 15) is 4.79 Å². The fourth-order valence-corrected chi connectivity index (χ4v) is 1.74. The number of carbonyl (C=O) groups excluding carboxylic acids is 1. The summed E-state index contributed by atoms with van der Waals surface area (Å²) >= 11 is 0. The Morgan fingerprint density at radius 3 is 2.68 bits per heavy atom. The van der Waals surface area contributed by atoms with Crippen LogP contribution in [0.4, 0.5) is 10.6 Å². The Labute approximate surface area is 112 Å². The molecule has 0 aliphatic carbocycles. The number of anilines is 1. The molecule has 2 rings (SSSR count). The van der Waals surface area contributed by atoms with Crippen LogP contribution in [0.1, 0.15) is 18.2 Å². The van der Waals surface area contributed by atoms with E-state index < -0.39 is 0 Å². The van der Waals surface area contributed by atoms with Crippen LogP contribution >= 0.6 is 0 Å². The second kappa shape index (κ2) is 6.04. The maximum absolute atomic E-state index is 12.1. The molecule has 0 fully saturated rings. The van der Waals surface area contributed by atoms with Gasteiger partial charge in [0, 0.05) is 19.2 Å². The second-order valence-corrected chi connectivity index (χ2v) is 4.25. The third-order valence-electron chi connectivity index (χ3n) is 2.75. The molecular formula is C14H17N3O2. The van der Waals surface area contributed by atoms with Crippen molar-refractivity contribution in [1.29, 1.82) is 0 Å². The lowest BCUT2D eigenvalue weighted by atomic mass is 10.2. The van der Waals surface area contributed by atoms with Gasteiger partial charge in [0.25, 0.3) is 0 Å². The molecular weight excluding hydrogens is 242 g/mol. The smallest absolute Gasteiger partial charge is 0.323 e. The van der Waals surface area contributed by atoms with Gasteiger partial charge in [-0.3, -0.25) is 5.32 Å². The van der Waals surface area contributed by atoms with E-state index in [1.807, 2.05) is 37.3 Å². The topological polar surface area (TPSA) is 58.4 Å². The van der Waals surface area contributed by atoms with Gasteiger partial charge in [0.2, 0.25) is 0 Å². The number of carbonyl (C=O) groups is 1. The van der Waals surface area contributed by atoms with Gasteiger partial charge in [0.05, 0.1) is 0 Å². The SMILES string of the molecule is CCN(Cc1ccccc1)C(=O)Nc1cc(C)on1. The van der Waals surface area contributed by atoms with E-state index in [1.165, 1.54) is 0 Å². The van der Waals surface area contributed by atoms with Crippen LogP contribution in [0.3, 0.4) is 0 Å². The lowest BCUT2D eigenvalue weighted by molar-refractivity contribution is 0.212. The first-order valence-electron chi connectivity index (χ1n) is 6.22. The summed E-state index contributed by atoms with van der Waals surface area (Å²) in [5.74, 6) is 1.11. The quantitative estimate of drug-likeness (QED) is 0.918. The van der Waals surface area contributed by atoms with Gasteiger partial charge in [-0.1, -0.05) is 35.5 Å². The average molecular weight is 259 g/mol. The zero-order chi connectivity index (χ0) is 13.7. The van der Waals surface area contributed by atoms with Crippen LogP contribution in [0.2, 0.25) is 0 Å². The monoisotopic (exact) mass is 259 g/mol. The molecule has 0 aliphatic rings. The molecule has 5 heteroatoms. The molecule has 0 aliphatic heterocycles. The summed E-state index contributed by atoms with van der Waals surface area (Å²) in [6.07, 6.45) is 0. The van der Waals surface area contributed by atoms with Crippen molar-refractivity contribution in [1.82, 2.24) is 10.1 Å². The summed E-state index contributed by atoms with van der Waals surface area (Å²) in [4.78, 5) is 13.8. The number of urea groups is 1. The Kier molecular flexibility index (Phi) is 4.18. The summed E-state index contributed by atoms with van der Waals surface area (Å²) in [6, 6.07) is 11.4. The predicted molar refractivity (Wildman–Crippen MR) is 72.8 cm³/mol. The zero-order valence-electron chi connectivity index (χ0n) is 11.1. The van der Waals surface area contributed by atoms with E-state index in [-0.39, 0.29) is 6.03 Å². The van der Waals surface area contributed by atoms with Crippen molar-refractivity contribution < 1.29 is 9.32 Å². The van der Waals surface area contributed by atoms with Crippen molar-refractivity contribution in [2.45, 2.75) is 20.4 Å². The van der Waals surface area contributed by atoms with E-state index in [0.717, 1.165) is 5.56 Å². The standard InChI is InChI=1S/C14H17N3O2/c1-3-17(10-12-7-5-4-6-8-12)14(18)15-13-9-11(2)19-16-13/h4-9H,3,10H2,1-2H3,(H,15,16,18). The van der Waals surface area contributed by atoms with Crippen molar-refractivity contribution in [3.05, 3.63) is 47.7 Å². The van der Waals surface area contributed by atoms with E-state index in [1.54, 1.807) is 17.9 Å². The van der Waals surface area contributed by atoms with Gasteiger partial charge in [0.1, 0.15) is 5.76 Å². The molecule has 2 aromatic rings. The molecule has 1 aromatic heterocycles. The van der Waals surface area contributed by atoms with Crippen molar-refractivity contribution >= 4 is 11.8 Å². The summed E-state index contributed by atoms with van der Waals surface area (Å²) in [5, 5.41) is 6.46. The average Bonchev–Trinajstić information content (AvgIpc) is 2.82. The number of aryl methyl sites for hydroxylation is 1. The highest BCUT2D eigenvalue weighted by Gasteiger charge is 2.13. The first-order chi connectivity index (χ1) is 9.19. The molecule has 100 valence electrons. The Morgan fingerprint density at radius 1 is 1.37 bits per heavy atom. The molecule has 1 N–H and O–H groups in total. The van der Waals surface area contributed by atoms with Gasteiger partial charge in [-0.05, 0) is 19.4 Å². The van der Waals surface area contributed by atoms with E-state index >= 15 is 0 Å². The van der Waals surface area contributed by atoms with Gasteiger partial charge in [-0.2, -0.15) is 0 Å². The molecule has 0 saturated carbocycles. The molecule has 0 atom stereocenters. The third kappa shape index (κ3) is 3.58. The van der Waals surface area contributed by atoms with Gasteiger partial charge in [-0.15, -0.1) is 0 Å². The summed E-state index contributed by atoms with van der Waals surface area (Å²) in [6.45, 7) is 4.92. The molecule has 1 heterocycles. The first kappa shape index (κ1) is 13.1. The maximum atomic E-state index is 12.1. The highest BCUT2D eigenvalue weighted by Crippen LogP contribution is 2.10. The second-order valence-electron chi connectivity index (χ2n) is 4.25. The van der Waals surface area contributed by atoms with Gasteiger partial charge in [0.15, 0.2) is 5.82 Å². The Hall–Kier alpha value is -2.30. The number of rotatable bonds is 4. The lowest BCUT2D eigenvalue weighted by Gasteiger charge is -2.20. The maximum Gasteiger partial charge on any atom is 0.323 e. The van der Waals surface area contributed by atoms with Crippen LogP contribution in [-0.2, 0) is 6.54 Å². The van der Waals surface area contributed by atoms with Crippen molar-refractivity contribution in [3.63, 3.8) is 0 Å². The summed E-state index contributed by atoms with van der Waals surface area (Å²) in [5.41, 5.74) is 1.09. The molecule has 0 saturated heterocycles. The number of nitrogens with one attached hydrogen (secondary N) is 1. The zero-order valence-corrected chi connectivity index (χ0v) is 11.1. The number of benzene rings is 1. The highest BCUT2D eigenvalue weighted by atomic mass is 16.5. The van der Waals surface area contributed by atoms with Gasteiger partial charge < -0.3 is 9.42 Å². The van der Waals surface area contributed by atoms with E-state index in [2.05, 4.69) is 10.5 Å². The minimum absolute atomic E-state index is 0.181. The molecule has 5 nitrogen and oxygen atoms in total. The molecule has 19 heavy (non-hydrogen) atoms. The number of nitrogens with zero attached hydrogens (tertiary/aromatic N) is 2. The summed E-state index contributed by atoms with van der Waals surface area (Å²) < 4.78 is 4.91. The Bertz CT molecular complexity index is 537. The lowest BCUT2D eigenvalue weighted by Crippen LogP contribution is -2.34. The Balaban J connectivity index is 1.99. The normalized spacial score (nSPS) is 10.2. The number of hydrogen-bond donors (Lipinski definition) is 1. The van der Waals surface area contributed by atoms with E-state index in [4.69, 9.17) is 4.52 Å². The molecule has 2 amide bonds. The fraction of sp³-hybridized carbons (Fsp3) is 0.286. The van der Waals surface area contributed by atoms with E-state index in [0.29, 0.717) is 24.7 Å². The number of hydrogen-bond acceptors (Lipinski definition) is 3. The van der Waals surface area contributed by atoms with Gasteiger partial charge in [-0.25, -0.2) is 4.79 Å². The van der Waals surface area contributed by atoms with Crippen LogP contribution in [0.25, 0.3) is 0 Å². The molecule has 0 radical (unpaired) electrons. The molecule has 1 aromatic carbocycles. The largest absolute Gasteiger partial charge is 0.360 e. The fourth-order valence-electron chi connectivity index (χ4n) is 1.74. The number of amides is 2. The first-order valence-corrected chi connectivity index (χ1v) is 6.22. The third-order valence-corrected chi connectivity index (χ3v) is 2.75. The van der Waals surface area contributed by atoms with Crippen LogP contribution in [0.15, 0.2) is 40.9 Å². The molecule has 0 spiro atoms. The highest BCUT2D eigenvalue weighted by molar-refractivity contribution is 5.88.